The molecule has 1 saturated carbocycles. The standard InChI is InChI=1S/C27H31N5O3/c33-26-19-30(27(34)21-8-6-12-24(16-21)32-15-7-14-29-32)17-25(35-20-22-9-4-5-13-28-22)18-31(26)23-10-2-1-3-11-23/h4-9,12-16,23,25H,1-3,10-11,17-20H2/t25-/m0/s1. The van der Waals surface area contributed by atoms with Crippen LogP contribution in [0.5, 0.6) is 0 Å². The van der Waals surface area contributed by atoms with E-state index >= 15 is 0 Å². The maximum atomic E-state index is 13.6. The summed E-state index contributed by atoms with van der Waals surface area (Å²) < 4.78 is 7.97. The van der Waals surface area contributed by atoms with Crippen LogP contribution in [0.25, 0.3) is 5.69 Å². The third-order valence-corrected chi connectivity index (χ3v) is 6.83. The highest BCUT2D eigenvalue weighted by Gasteiger charge is 2.35. The number of aromatic nitrogens is 3. The van der Waals surface area contributed by atoms with Gasteiger partial charge in [0.15, 0.2) is 0 Å². The molecule has 2 fully saturated rings. The second-order valence-corrected chi connectivity index (χ2v) is 9.28. The number of rotatable bonds is 6. The van der Waals surface area contributed by atoms with Crippen LogP contribution < -0.4 is 0 Å². The Kier molecular flexibility index (Phi) is 7.18. The molecule has 5 rings (SSSR count). The van der Waals surface area contributed by atoms with Crippen molar-refractivity contribution in [1.29, 1.82) is 0 Å². The van der Waals surface area contributed by atoms with Gasteiger partial charge < -0.3 is 14.5 Å². The molecule has 3 heterocycles. The second-order valence-electron chi connectivity index (χ2n) is 9.28. The first-order valence-electron chi connectivity index (χ1n) is 12.4. The molecule has 182 valence electrons. The van der Waals surface area contributed by atoms with Crippen LogP contribution >= 0.6 is 0 Å². The third kappa shape index (κ3) is 5.59. The summed E-state index contributed by atoms with van der Waals surface area (Å²) in [6.45, 7) is 1.25. The molecular weight excluding hydrogens is 442 g/mol. The monoisotopic (exact) mass is 473 g/mol. The number of pyridine rings is 1. The Morgan fingerprint density at radius 3 is 2.66 bits per heavy atom. The van der Waals surface area contributed by atoms with Crippen LogP contribution in [0.4, 0.5) is 0 Å². The number of hydrogen-bond donors (Lipinski definition) is 0. The fraction of sp³-hybridized carbons (Fsp3) is 0.407. The molecule has 8 nitrogen and oxygen atoms in total. The molecule has 2 aliphatic rings. The number of carbonyl (C=O) groups excluding carboxylic acids is 2. The summed E-state index contributed by atoms with van der Waals surface area (Å²) in [6.07, 6.45) is 10.5. The zero-order valence-corrected chi connectivity index (χ0v) is 19.8. The number of amides is 2. The van der Waals surface area contributed by atoms with E-state index in [9.17, 15) is 9.59 Å². The first-order valence-corrected chi connectivity index (χ1v) is 12.4. The summed E-state index contributed by atoms with van der Waals surface area (Å²) in [5.41, 5.74) is 2.16. The third-order valence-electron chi connectivity index (χ3n) is 6.83. The lowest BCUT2D eigenvalue weighted by Crippen LogP contribution is -2.46. The van der Waals surface area contributed by atoms with Crippen molar-refractivity contribution in [1.82, 2.24) is 24.6 Å². The summed E-state index contributed by atoms with van der Waals surface area (Å²) in [4.78, 5) is 34.9. The van der Waals surface area contributed by atoms with Crippen molar-refractivity contribution >= 4 is 11.8 Å². The van der Waals surface area contributed by atoms with Crippen molar-refractivity contribution < 1.29 is 14.3 Å². The lowest BCUT2D eigenvalue weighted by molar-refractivity contribution is -0.134. The van der Waals surface area contributed by atoms with Gasteiger partial charge in [-0.3, -0.25) is 14.6 Å². The van der Waals surface area contributed by atoms with Crippen LogP contribution in [0, 0.1) is 0 Å². The van der Waals surface area contributed by atoms with E-state index in [1.807, 2.05) is 53.6 Å². The van der Waals surface area contributed by atoms with E-state index in [0.717, 1.165) is 37.1 Å². The van der Waals surface area contributed by atoms with E-state index in [-0.39, 0.29) is 30.5 Å². The van der Waals surface area contributed by atoms with Crippen molar-refractivity contribution in [2.75, 3.05) is 19.6 Å². The van der Waals surface area contributed by atoms with E-state index in [4.69, 9.17) is 4.74 Å². The zero-order valence-electron chi connectivity index (χ0n) is 19.8. The van der Waals surface area contributed by atoms with Gasteiger partial charge in [-0.2, -0.15) is 5.10 Å². The Labute approximate surface area is 205 Å². The smallest absolute Gasteiger partial charge is 0.254 e. The van der Waals surface area contributed by atoms with Crippen LogP contribution in [-0.2, 0) is 16.1 Å². The minimum atomic E-state index is -0.288. The molecule has 0 spiro atoms. The van der Waals surface area contributed by atoms with Gasteiger partial charge in [-0.05, 0) is 49.2 Å². The van der Waals surface area contributed by atoms with Gasteiger partial charge in [0.25, 0.3) is 5.91 Å². The maximum absolute atomic E-state index is 13.6. The topological polar surface area (TPSA) is 80.6 Å². The van der Waals surface area contributed by atoms with Gasteiger partial charge >= 0.3 is 0 Å². The minimum Gasteiger partial charge on any atom is -0.368 e. The molecule has 3 aromatic rings. The number of benzene rings is 1. The van der Waals surface area contributed by atoms with Crippen molar-refractivity contribution in [2.45, 2.75) is 50.9 Å². The molecular formula is C27H31N5O3. The molecule has 0 radical (unpaired) electrons. The predicted octanol–water partition coefficient (Wildman–Crippen LogP) is 3.47. The van der Waals surface area contributed by atoms with Gasteiger partial charge in [0.2, 0.25) is 5.91 Å². The van der Waals surface area contributed by atoms with Gasteiger partial charge in [-0.25, -0.2) is 4.68 Å². The van der Waals surface area contributed by atoms with E-state index in [1.54, 1.807) is 28.0 Å². The van der Waals surface area contributed by atoms with Crippen molar-refractivity contribution in [3.05, 3.63) is 78.4 Å². The van der Waals surface area contributed by atoms with Crippen LogP contribution in [0.3, 0.4) is 0 Å². The maximum Gasteiger partial charge on any atom is 0.254 e. The van der Waals surface area contributed by atoms with Crippen LogP contribution in [0.2, 0.25) is 0 Å². The Bertz CT molecular complexity index is 1130. The molecule has 1 aromatic carbocycles. The lowest BCUT2D eigenvalue weighted by atomic mass is 9.94. The van der Waals surface area contributed by atoms with Crippen LogP contribution in [0.1, 0.15) is 48.2 Å². The quantitative estimate of drug-likeness (QED) is 0.548. The predicted molar refractivity (Wildman–Crippen MR) is 131 cm³/mol. The highest BCUT2D eigenvalue weighted by Crippen LogP contribution is 2.25. The van der Waals surface area contributed by atoms with Gasteiger partial charge in [-0.15, -0.1) is 0 Å². The molecule has 1 aliphatic carbocycles. The molecule has 1 saturated heterocycles. The van der Waals surface area contributed by atoms with Crippen molar-refractivity contribution in [3.63, 3.8) is 0 Å². The summed E-state index contributed by atoms with van der Waals surface area (Å²) in [5.74, 6) is -0.179. The lowest BCUT2D eigenvalue weighted by Gasteiger charge is -2.34. The largest absolute Gasteiger partial charge is 0.368 e. The zero-order chi connectivity index (χ0) is 24.0. The molecule has 1 atom stereocenters. The molecule has 0 bridgehead atoms. The highest BCUT2D eigenvalue weighted by molar-refractivity contribution is 5.97. The Balaban J connectivity index is 1.37. The molecule has 35 heavy (non-hydrogen) atoms. The molecule has 0 unspecified atom stereocenters. The first kappa shape index (κ1) is 23.2. The van der Waals surface area contributed by atoms with E-state index in [0.29, 0.717) is 25.3 Å². The summed E-state index contributed by atoms with van der Waals surface area (Å²) in [7, 11) is 0. The molecule has 1 aliphatic heterocycles. The molecule has 8 heteroatoms. The second kappa shape index (κ2) is 10.8. The summed E-state index contributed by atoms with van der Waals surface area (Å²) in [6, 6.07) is 15.1. The number of ether oxygens (including phenoxy) is 1. The normalized spacial score (nSPS) is 19.5. The first-order chi connectivity index (χ1) is 17.2. The fourth-order valence-corrected chi connectivity index (χ4v) is 5.02. The van der Waals surface area contributed by atoms with Gasteiger partial charge in [0.05, 0.1) is 24.1 Å². The van der Waals surface area contributed by atoms with E-state index < -0.39 is 0 Å². The number of carbonyl (C=O) groups is 2. The van der Waals surface area contributed by atoms with Crippen LogP contribution in [0.15, 0.2) is 67.1 Å². The average molecular weight is 474 g/mol. The van der Waals surface area contributed by atoms with E-state index in [1.165, 1.54) is 6.42 Å². The summed E-state index contributed by atoms with van der Waals surface area (Å²) in [5, 5.41) is 4.26. The van der Waals surface area contributed by atoms with Crippen LogP contribution in [-0.4, -0.2) is 68.2 Å². The van der Waals surface area contributed by atoms with E-state index in [2.05, 4.69) is 10.1 Å². The fourth-order valence-electron chi connectivity index (χ4n) is 5.02. The summed E-state index contributed by atoms with van der Waals surface area (Å²) >= 11 is 0. The molecule has 2 amide bonds. The number of hydrogen-bond acceptors (Lipinski definition) is 5. The van der Waals surface area contributed by atoms with Gasteiger partial charge in [-0.1, -0.05) is 31.4 Å². The SMILES string of the molecule is O=C(c1cccc(-n2cccn2)c1)N1CC(=O)N(C2CCCCC2)C[C@@H](OCc2ccccn2)C1. The van der Waals surface area contributed by atoms with Gasteiger partial charge in [0.1, 0.15) is 6.54 Å². The van der Waals surface area contributed by atoms with Crippen molar-refractivity contribution in [3.8, 4) is 5.69 Å². The highest BCUT2D eigenvalue weighted by atomic mass is 16.5. The van der Waals surface area contributed by atoms with Gasteiger partial charge in [0, 0.05) is 43.3 Å². The average Bonchev–Trinajstić information content (AvgIpc) is 3.40. The Morgan fingerprint density at radius 1 is 1.00 bits per heavy atom. The minimum absolute atomic E-state index is 0.00239. The Hall–Kier alpha value is -3.52. The number of nitrogens with zero attached hydrogens (tertiary/aromatic N) is 5. The molecule has 2 aromatic heterocycles. The Morgan fingerprint density at radius 2 is 1.89 bits per heavy atom. The van der Waals surface area contributed by atoms with Crippen molar-refractivity contribution in [2.24, 2.45) is 0 Å². The molecule has 0 N–H and O–H groups in total.